The molecule has 2 aromatic carbocycles. The van der Waals surface area contributed by atoms with Crippen LogP contribution in [0.4, 0.5) is 0 Å². The van der Waals surface area contributed by atoms with Gasteiger partial charge in [0.2, 0.25) is 0 Å². The number of nitrogens with one attached hydrogen (secondary N) is 2. The molecular formula is C21H24N4O4. The Bertz CT molecular complexity index is 1130. The summed E-state index contributed by atoms with van der Waals surface area (Å²) in [6.07, 6.45) is 4.73. The highest BCUT2D eigenvalue weighted by molar-refractivity contribution is 5.86. The Kier molecular flexibility index (Phi) is 6.06. The lowest BCUT2D eigenvalue weighted by molar-refractivity contribution is -0.138. The maximum atomic E-state index is 10.6. The number of H-pyrrole nitrogens is 2. The summed E-state index contributed by atoms with van der Waals surface area (Å²) in [5.74, 6) is -0.586. The molecule has 0 spiro atoms. The third kappa shape index (κ3) is 4.68. The molecule has 1 unspecified atom stereocenters. The van der Waals surface area contributed by atoms with Crippen molar-refractivity contribution in [1.29, 1.82) is 0 Å². The van der Waals surface area contributed by atoms with Gasteiger partial charge >= 0.3 is 5.97 Å². The predicted molar refractivity (Wildman–Crippen MR) is 112 cm³/mol. The minimum Gasteiger partial charge on any atom is -0.508 e. The summed E-state index contributed by atoms with van der Waals surface area (Å²) >= 11 is 0. The van der Waals surface area contributed by atoms with E-state index >= 15 is 0 Å². The van der Waals surface area contributed by atoms with Crippen molar-refractivity contribution >= 4 is 27.8 Å². The topological polar surface area (TPSA) is 161 Å². The lowest BCUT2D eigenvalue weighted by Gasteiger charge is -2.04. The van der Waals surface area contributed by atoms with Crippen LogP contribution in [0.1, 0.15) is 11.1 Å². The number of aromatic amines is 2. The molecule has 0 aliphatic carbocycles. The zero-order valence-corrected chi connectivity index (χ0v) is 15.7. The molecule has 0 saturated carbocycles. The van der Waals surface area contributed by atoms with Crippen molar-refractivity contribution in [2.24, 2.45) is 11.5 Å². The summed E-state index contributed by atoms with van der Waals surface area (Å²) in [6.45, 7) is 0.628. The van der Waals surface area contributed by atoms with Gasteiger partial charge < -0.3 is 36.8 Å². The van der Waals surface area contributed by atoms with E-state index in [4.69, 9.17) is 16.6 Å². The van der Waals surface area contributed by atoms with E-state index in [0.29, 0.717) is 12.3 Å². The van der Waals surface area contributed by atoms with Crippen LogP contribution in [0, 0.1) is 0 Å². The number of carboxylic acid groups (broad SMARTS) is 1. The molecule has 152 valence electrons. The van der Waals surface area contributed by atoms with Crippen molar-refractivity contribution in [3.63, 3.8) is 0 Å². The molecule has 0 aliphatic heterocycles. The summed E-state index contributed by atoms with van der Waals surface area (Å²) in [6, 6.07) is 9.27. The fraction of sp³-hybridized carbons (Fsp3) is 0.190. The van der Waals surface area contributed by atoms with Crippen LogP contribution in [0.3, 0.4) is 0 Å². The maximum absolute atomic E-state index is 10.6. The number of carboxylic acids is 1. The van der Waals surface area contributed by atoms with Crippen molar-refractivity contribution in [2.45, 2.75) is 18.9 Å². The molecule has 0 amide bonds. The fourth-order valence-electron chi connectivity index (χ4n) is 3.19. The Balaban J connectivity index is 0.000000169. The molecule has 9 N–H and O–H groups in total. The molecule has 0 fully saturated rings. The largest absolute Gasteiger partial charge is 0.508 e. The van der Waals surface area contributed by atoms with Crippen molar-refractivity contribution in [3.8, 4) is 11.5 Å². The van der Waals surface area contributed by atoms with Crippen LogP contribution >= 0.6 is 0 Å². The third-order valence-electron chi connectivity index (χ3n) is 4.67. The van der Waals surface area contributed by atoms with Gasteiger partial charge in [0.1, 0.15) is 17.5 Å². The number of nitrogens with two attached hydrogens (primary N) is 2. The van der Waals surface area contributed by atoms with Crippen LogP contribution in [0.2, 0.25) is 0 Å². The van der Waals surface area contributed by atoms with E-state index in [9.17, 15) is 15.0 Å². The van der Waals surface area contributed by atoms with E-state index in [1.54, 1.807) is 36.5 Å². The standard InChI is InChI=1S/C11H12N2O3.C10H12N2O/c12-9(11(15)16)3-6-5-13-10-2-1-7(14)4-8(6)10;11-4-3-7-6-12-10-2-1-8(13)5-9(7)10/h1-2,4-5,9,13-14H,3,12H2,(H,15,16);1-2,5-6,12-13H,3-4,11H2. The van der Waals surface area contributed by atoms with Gasteiger partial charge in [0.25, 0.3) is 0 Å². The maximum Gasteiger partial charge on any atom is 0.320 e. The summed E-state index contributed by atoms with van der Waals surface area (Å²) in [5, 5.41) is 29.2. The number of rotatable bonds is 5. The number of aliphatic carboxylic acids is 1. The van der Waals surface area contributed by atoms with Gasteiger partial charge in [-0.3, -0.25) is 4.79 Å². The van der Waals surface area contributed by atoms with E-state index in [1.165, 1.54) is 0 Å². The van der Waals surface area contributed by atoms with E-state index in [0.717, 1.165) is 39.4 Å². The first-order chi connectivity index (χ1) is 13.9. The van der Waals surface area contributed by atoms with Gasteiger partial charge in [-0.15, -0.1) is 0 Å². The number of phenols is 2. The Hall–Kier alpha value is -3.49. The highest BCUT2D eigenvalue weighted by atomic mass is 16.4. The molecule has 1 atom stereocenters. The van der Waals surface area contributed by atoms with Gasteiger partial charge in [-0.2, -0.15) is 0 Å². The Morgan fingerprint density at radius 3 is 1.97 bits per heavy atom. The van der Waals surface area contributed by atoms with Crippen molar-refractivity contribution in [1.82, 2.24) is 9.97 Å². The zero-order valence-electron chi connectivity index (χ0n) is 15.7. The second-order valence-electron chi connectivity index (χ2n) is 6.78. The van der Waals surface area contributed by atoms with Crippen LogP contribution in [0.15, 0.2) is 48.8 Å². The van der Waals surface area contributed by atoms with Gasteiger partial charge in [-0.05, 0) is 60.5 Å². The highest BCUT2D eigenvalue weighted by Gasteiger charge is 2.14. The molecule has 0 bridgehead atoms. The predicted octanol–water partition coefficient (Wildman–Crippen LogP) is 2.20. The average Bonchev–Trinajstić information content (AvgIpc) is 3.26. The quantitative estimate of drug-likeness (QED) is 0.274. The Morgan fingerprint density at radius 1 is 0.931 bits per heavy atom. The summed E-state index contributed by atoms with van der Waals surface area (Å²) in [4.78, 5) is 16.8. The number of aromatic nitrogens is 2. The number of hydrogen-bond donors (Lipinski definition) is 7. The van der Waals surface area contributed by atoms with Gasteiger partial charge in [0.05, 0.1) is 0 Å². The molecule has 2 heterocycles. The van der Waals surface area contributed by atoms with Crippen LogP contribution in [-0.2, 0) is 17.6 Å². The van der Waals surface area contributed by atoms with E-state index in [-0.39, 0.29) is 12.2 Å². The molecular weight excluding hydrogens is 372 g/mol. The molecule has 4 aromatic rings. The first-order valence-electron chi connectivity index (χ1n) is 9.15. The molecule has 4 rings (SSSR count). The minimum atomic E-state index is -1.03. The van der Waals surface area contributed by atoms with Crippen molar-refractivity contribution < 1.29 is 20.1 Å². The van der Waals surface area contributed by atoms with Crippen LogP contribution in [0.5, 0.6) is 11.5 Å². The van der Waals surface area contributed by atoms with Crippen molar-refractivity contribution in [3.05, 3.63) is 59.9 Å². The monoisotopic (exact) mass is 396 g/mol. The molecule has 8 heteroatoms. The molecule has 0 radical (unpaired) electrons. The first kappa shape index (κ1) is 20.2. The van der Waals surface area contributed by atoms with E-state index < -0.39 is 12.0 Å². The molecule has 0 aliphatic rings. The zero-order chi connectivity index (χ0) is 21.0. The van der Waals surface area contributed by atoms with Gasteiger partial charge in [-0.25, -0.2) is 0 Å². The Labute approximate surface area is 166 Å². The second kappa shape index (κ2) is 8.68. The van der Waals surface area contributed by atoms with Crippen LogP contribution in [-0.4, -0.2) is 43.8 Å². The minimum absolute atomic E-state index is 0.150. The molecule has 0 saturated heterocycles. The summed E-state index contributed by atoms with van der Waals surface area (Å²) < 4.78 is 0. The van der Waals surface area contributed by atoms with Crippen LogP contribution in [0.25, 0.3) is 21.8 Å². The summed E-state index contributed by atoms with van der Waals surface area (Å²) in [5.41, 5.74) is 14.8. The number of hydrogen-bond acceptors (Lipinski definition) is 5. The smallest absolute Gasteiger partial charge is 0.320 e. The van der Waals surface area contributed by atoms with E-state index in [1.807, 2.05) is 12.3 Å². The number of benzene rings is 2. The first-order valence-corrected chi connectivity index (χ1v) is 9.15. The van der Waals surface area contributed by atoms with Gasteiger partial charge in [0, 0.05) is 40.6 Å². The highest BCUT2D eigenvalue weighted by Crippen LogP contribution is 2.24. The van der Waals surface area contributed by atoms with Crippen LogP contribution < -0.4 is 11.5 Å². The Morgan fingerprint density at radius 2 is 1.45 bits per heavy atom. The summed E-state index contributed by atoms with van der Waals surface area (Å²) in [7, 11) is 0. The molecule has 8 nitrogen and oxygen atoms in total. The number of fused-ring (bicyclic) bond motifs is 2. The third-order valence-corrected chi connectivity index (χ3v) is 4.67. The van der Waals surface area contributed by atoms with Crippen molar-refractivity contribution in [2.75, 3.05) is 6.54 Å². The average molecular weight is 396 g/mol. The SMILES string of the molecule is NC(Cc1c[nH]c2ccc(O)cc12)C(=O)O.NCCc1c[nH]c2ccc(O)cc12. The number of aromatic hydroxyl groups is 2. The fourth-order valence-corrected chi connectivity index (χ4v) is 3.19. The number of phenolic OH excluding ortho intramolecular Hbond substituents is 2. The lowest BCUT2D eigenvalue weighted by atomic mass is 10.1. The van der Waals surface area contributed by atoms with E-state index in [2.05, 4.69) is 9.97 Å². The van der Waals surface area contributed by atoms with Gasteiger partial charge in [0.15, 0.2) is 0 Å². The van der Waals surface area contributed by atoms with Gasteiger partial charge in [-0.1, -0.05) is 0 Å². The lowest BCUT2D eigenvalue weighted by Crippen LogP contribution is -2.32. The molecule has 29 heavy (non-hydrogen) atoms. The second-order valence-corrected chi connectivity index (χ2v) is 6.78. The molecule has 2 aromatic heterocycles. The number of carbonyl (C=O) groups is 1. The normalized spacial score (nSPS) is 11.9.